The number of hydrogen-bond acceptors (Lipinski definition) is 2. The minimum atomic E-state index is -1.64. The number of thioether (sulfide) groups is 1. The second-order valence-corrected chi connectivity index (χ2v) is 5.23. The van der Waals surface area contributed by atoms with Gasteiger partial charge in [0.15, 0.2) is 0 Å². The van der Waals surface area contributed by atoms with Gasteiger partial charge in [-0.15, -0.1) is 0 Å². The normalized spacial score (nSPS) is 10.2. The van der Waals surface area contributed by atoms with Crippen LogP contribution in [0.25, 0.3) is 5.57 Å². The third-order valence-corrected chi connectivity index (χ3v) is 3.38. The Morgan fingerprint density at radius 3 is 2.65 bits per heavy atom. The maximum Gasteiger partial charge on any atom is 0.274 e. The average Bonchev–Trinajstić information content (AvgIpc) is 2.29. The summed E-state index contributed by atoms with van der Waals surface area (Å²) in [6.45, 7) is 0. The van der Waals surface area contributed by atoms with Crippen LogP contribution in [0, 0.1) is 0 Å². The van der Waals surface area contributed by atoms with Crippen LogP contribution in [-0.4, -0.2) is 19.1 Å². The van der Waals surface area contributed by atoms with Gasteiger partial charge in [0.05, 0.1) is 7.11 Å². The molecule has 0 heterocycles. The first-order valence-electron chi connectivity index (χ1n) is 4.97. The molecule has 0 fully saturated rings. The van der Waals surface area contributed by atoms with Crippen molar-refractivity contribution in [1.82, 2.24) is 0 Å². The van der Waals surface area contributed by atoms with Crippen LogP contribution in [0.1, 0.15) is 12.0 Å². The highest BCUT2D eigenvalue weighted by molar-refractivity contribution is 9.10. The lowest BCUT2D eigenvalue weighted by atomic mass is 10.0. The zero-order chi connectivity index (χ0) is 12.8. The molecule has 1 aromatic rings. The van der Waals surface area contributed by atoms with Crippen molar-refractivity contribution in [3.05, 3.63) is 34.3 Å². The third-order valence-electron chi connectivity index (χ3n) is 2.27. The van der Waals surface area contributed by atoms with Crippen LogP contribution in [0.4, 0.5) is 8.78 Å². The van der Waals surface area contributed by atoms with E-state index in [1.807, 2.05) is 6.26 Å². The lowest BCUT2D eigenvalue weighted by molar-refractivity contribution is 0.408. The van der Waals surface area contributed by atoms with Crippen molar-refractivity contribution in [2.24, 2.45) is 0 Å². The topological polar surface area (TPSA) is 9.23 Å². The monoisotopic (exact) mass is 322 g/mol. The van der Waals surface area contributed by atoms with E-state index in [0.717, 1.165) is 4.47 Å². The molecule has 0 atom stereocenters. The molecule has 0 aliphatic carbocycles. The van der Waals surface area contributed by atoms with Crippen molar-refractivity contribution in [2.75, 3.05) is 19.1 Å². The standard InChI is InChI=1S/C12H13BrF2OS/c1-16-11-4-3-8(13)7-10(11)9(12(14)15)5-6-17-2/h3-4,7H,5-6H2,1-2H3. The summed E-state index contributed by atoms with van der Waals surface area (Å²) in [7, 11) is 1.48. The predicted octanol–water partition coefficient (Wildman–Crippen LogP) is 4.82. The van der Waals surface area contributed by atoms with E-state index in [1.54, 1.807) is 18.2 Å². The van der Waals surface area contributed by atoms with E-state index in [4.69, 9.17) is 4.74 Å². The van der Waals surface area contributed by atoms with Gasteiger partial charge in [0.1, 0.15) is 5.75 Å². The minimum Gasteiger partial charge on any atom is -0.496 e. The van der Waals surface area contributed by atoms with E-state index in [-0.39, 0.29) is 5.57 Å². The van der Waals surface area contributed by atoms with Crippen molar-refractivity contribution in [2.45, 2.75) is 6.42 Å². The van der Waals surface area contributed by atoms with Crippen LogP contribution < -0.4 is 4.74 Å². The van der Waals surface area contributed by atoms with Crippen molar-refractivity contribution < 1.29 is 13.5 Å². The van der Waals surface area contributed by atoms with Crippen LogP contribution in [0.15, 0.2) is 28.8 Å². The second kappa shape index (κ2) is 7.01. The Hall–Kier alpha value is -0.550. The Labute approximate surface area is 112 Å². The summed E-state index contributed by atoms with van der Waals surface area (Å²) in [6, 6.07) is 5.11. The molecule has 0 saturated heterocycles. The van der Waals surface area contributed by atoms with Crippen molar-refractivity contribution in [3.8, 4) is 5.75 Å². The first-order chi connectivity index (χ1) is 8.10. The fourth-order valence-corrected chi connectivity index (χ4v) is 2.22. The van der Waals surface area contributed by atoms with E-state index >= 15 is 0 Å². The molecule has 0 amide bonds. The largest absolute Gasteiger partial charge is 0.496 e. The maximum absolute atomic E-state index is 13.0. The molecule has 1 nitrogen and oxygen atoms in total. The molecule has 17 heavy (non-hydrogen) atoms. The van der Waals surface area contributed by atoms with Crippen LogP contribution in [-0.2, 0) is 0 Å². The molecular formula is C12H13BrF2OS. The van der Waals surface area contributed by atoms with Gasteiger partial charge in [0, 0.05) is 15.6 Å². The molecule has 0 saturated carbocycles. The van der Waals surface area contributed by atoms with Gasteiger partial charge in [-0.3, -0.25) is 0 Å². The SMILES string of the molecule is COc1ccc(Br)cc1C(CCSC)=C(F)F. The second-order valence-electron chi connectivity index (χ2n) is 3.33. The number of benzene rings is 1. The summed E-state index contributed by atoms with van der Waals surface area (Å²) < 4.78 is 31.8. The van der Waals surface area contributed by atoms with E-state index in [2.05, 4.69) is 15.9 Å². The molecule has 0 aromatic heterocycles. The van der Waals surface area contributed by atoms with Gasteiger partial charge < -0.3 is 4.74 Å². The molecule has 0 aliphatic heterocycles. The van der Waals surface area contributed by atoms with Gasteiger partial charge in [0.2, 0.25) is 0 Å². The van der Waals surface area contributed by atoms with Gasteiger partial charge in [-0.1, -0.05) is 15.9 Å². The molecule has 0 unspecified atom stereocenters. The van der Waals surface area contributed by atoms with Crippen molar-refractivity contribution in [3.63, 3.8) is 0 Å². The summed E-state index contributed by atoms with van der Waals surface area (Å²) in [5.74, 6) is 1.12. The Morgan fingerprint density at radius 1 is 1.41 bits per heavy atom. The van der Waals surface area contributed by atoms with E-state index in [0.29, 0.717) is 23.5 Å². The fourth-order valence-electron chi connectivity index (χ4n) is 1.45. The molecule has 1 aromatic carbocycles. The zero-order valence-electron chi connectivity index (χ0n) is 9.60. The fraction of sp³-hybridized carbons (Fsp3) is 0.333. The molecule has 94 valence electrons. The first-order valence-corrected chi connectivity index (χ1v) is 7.15. The summed E-state index contributed by atoms with van der Waals surface area (Å²) in [5, 5.41) is 0. The number of halogens is 3. The van der Waals surface area contributed by atoms with Crippen molar-refractivity contribution >= 4 is 33.3 Å². The molecule has 5 heteroatoms. The molecule has 0 radical (unpaired) electrons. The third kappa shape index (κ3) is 4.00. The number of rotatable bonds is 5. The average molecular weight is 323 g/mol. The quantitative estimate of drug-likeness (QED) is 0.768. The van der Waals surface area contributed by atoms with Gasteiger partial charge in [0.25, 0.3) is 6.08 Å². The predicted molar refractivity (Wildman–Crippen MR) is 72.8 cm³/mol. The Balaban J connectivity index is 3.18. The molecule has 0 aliphatic rings. The molecule has 0 N–H and O–H groups in total. The van der Waals surface area contributed by atoms with Crippen LogP contribution in [0.5, 0.6) is 5.75 Å². The first kappa shape index (κ1) is 14.5. The van der Waals surface area contributed by atoms with Crippen LogP contribution >= 0.6 is 27.7 Å². The molecule has 1 rings (SSSR count). The Kier molecular flexibility index (Phi) is 5.98. The maximum atomic E-state index is 13.0. The zero-order valence-corrected chi connectivity index (χ0v) is 12.0. The Morgan fingerprint density at radius 2 is 2.12 bits per heavy atom. The highest BCUT2D eigenvalue weighted by Gasteiger charge is 2.14. The minimum absolute atomic E-state index is 0.0532. The summed E-state index contributed by atoms with van der Waals surface area (Å²) in [6.07, 6.45) is 0.581. The van der Waals surface area contributed by atoms with Gasteiger partial charge in [-0.2, -0.15) is 20.5 Å². The highest BCUT2D eigenvalue weighted by Crippen LogP contribution is 2.34. The summed E-state index contributed by atoms with van der Waals surface area (Å²) in [5.41, 5.74) is 0.508. The summed E-state index contributed by atoms with van der Waals surface area (Å²) in [4.78, 5) is 0. The van der Waals surface area contributed by atoms with Gasteiger partial charge >= 0.3 is 0 Å². The smallest absolute Gasteiger partial charge is 0.274 e. The summed E-state index contributed by atoms with van der Waals surface area (Å²) >= 11 is 4.82. The number of ether oxygens (including phenoxy) is 1. The van der Waals surface area contributed by atoms with Crippen LogP contribution in [0.2, 0.25) is 0 Å². The number of allylic oxidation sites excluding steroid dienone is 1. The number of methoxy groups -OCH3 is 1. The molecular weight excluding hydrogens is 310 g/mol. The van der Waals surface area contributed by atoms with E-state index < -0.39 is 6.08 Å². The van der Waals surface area contributed by atoms with Crippen molar-refractivity contribution in [1.29, 1.82) is 0 Å². The lowest BCUT2D eigenvalue weighted by Gasteiger charge is -2.11. The van der Waals surface area contributed by atoms with Gasteiger partial charge in [-0.05, 0) is 36.6 Å². The Bertz CT molecular complexity index is 417. The van der Waals surface area contributed by atoms with Crippen LogP contribution in [0.3, 0.4) is 0 Å². The van der Waals surface area contributed by atoms with E-state index in [9.17, 15) is 8.78 Å². The molecule has 0 bridgehead atoms. The van der Waals surface area contributed by atoms with Gasteiger partial charge in [-0.25, -0.2) is 0 Å². The lowest BCUT2D eigenvalue weighted by Crippen LogP contribution is -1.94. The molecule has 0 spiro atoms. The number of hydrogen-bond donors (Lipinski definition) is 0. The highest BCUT2D eigenvalue weighted by atomic mass is 79.9. The van der Waals surface area contributed by atoms with E-state index in [1.165, 1.54) is 18.9 Å².